The lowest BCUT2D eigenvalue weighted by Gasteiger charge is -1.95. The second-order valence-electron chi connectivity index (χ2n) is 3.66. The lowest BCUT2D eigenvalue weighted by Crippen LogP contribution is -2.25. The fraction of sp³-hybridized carbons (Fsp3) is 0.750. The fourth-order valence-electron chi connectivity index (χ4n) is 0.708. The number of hydrogen-bond donors (Lipinski definition) is 1. The number of carbonyl (C=O) groups excluding carboxylic acids is 1. The van der Waals surface area contributed by atoms with E-state index in [2.05, 4.69) is 19.8 Å². The summed E-state index contributed by atoms with van der Waals surface area (Å²) >= 11 is 0. The number of terminal acetylenes is 1. The van der Waals surface area contributed by atoms with Crippen LogP contribution in [0.2, 0.25) is 0 Å². The van der Waals surface area contributed by atoms with Crippen LogP contribution in [0.1, 0.15) is 46.5 Å². The van der Waals surface area contributed by atoms with Gasteiger partial charge in [-0.1, -0.05) is 33.6 Å². The van der Waals surface area contributed by atoms with Crippen molar-refractivity contribution < 1.29 is 13.2 Å². The summed E-state index contributed by atoms with van der Waals surface area (Å²) in [5.74, 6) is 1.08. The zero-order valence-corrected chi connectivity index (χ0v) is 11.7. The molecular formula is C12H23NO3S. The maximum atomic E-state index is 10.7. The highest BCUT2D eigenvalue weighted by Crippen LogP contribution is 2.27. The van der Waals surface area contributed by atoms with Gasteiger partial charge < -0.3 is 0 Å². The van der Waals surface area contributed by atoms with E-state index >= 15 is 0 Å². The molecule has 0 aromatic carbocycles. The monoisotopic (exact) mass is 261 g/mol. The largest absolute Gasteiger partial charge is 0.278 e. The summed E-state index contributed by atoms with van der Waals surface area (Å²) in [5, 5.41) is -0.303. The van der Waals surface area contributed by atoms with E-state index in [0.29, 0.717) is 12.8 Å². The molecule has 2 fully saturated rings. The van der Waals surface area contributed by atoms with Crippen LogP contribution in [0.25, 0.3) is 0 Å². The molecule has 0 aromatic rings. The fourth-order valence-corrected chi connectivity index (χ4v) is 1.79. The zero-order chi connectivity index (χ0) is 13.9. The van der Waals surface area contributed by atoms with Crippen LogP contribution in [-0.2, 0) is 14.8 Å². The summed E-state index contributed by atoms with van der Waals surface area (Å²) in [6.45, 7) is 6.28. The van der Waals surface area contributed by atoms with Crippen molar-refractivity contribution in [2.45, 2.75) is 51.7 Å². The van der Waals surface area contributed by atoms with Crippen molar-refractivity contribution >= 4 is 16.4 Å². The van der Waals surface area contributed by atoms with Gasteiger partial charge in [-0.2, -0.15) is 0 Å². The summed E-state index contributed by atoms with van der Waals surface area (Å²) in [5.41, 5.74) is 0. The van der Waals surface area contributed by atoms with Crippen molar-refractivity contribution in [3.63, 3.8) is 0 Å². The highest BCUT2D eigenvalue weighted by Gasteiger charge is 2.35. The average molecular weight is 261 g/mol. The highest BCUT2D eigenvalue weighted by molar-refractivity contribution is 7.90. The van der Waals surface area contributed by atoms with Gasteiger partial charge in [-0.3, -0.25) is 9.52 Å². The Labute approximate surface area is 105 Å². The van der Waals surface area contributed by atoms with Gasteiger partial charge in [-0.15, -0.1) is 12.8 Å². The smallest absolute Gasteiger partial charge is 0.237 e. The van der Waals surface area contributed by atoms with E-state index in [9.17, 15) is 13.2 Å². The molecule has 0 aliphatic heterocycles. The molecule has 0 radical (unpaired) electrons. The minimum absolute atomic E-state index is 0.202. The van der Waals surface area contributed by atoms with Gasteiger partial charge in [-0.05, 0) is 18.8 Å². The molecule has 4 nitrogen and oxygen atoms in total. The normalized spacial score (nSPS) is 16.8. The number of nitrogens with one attached hydrogen (secondary N) is 1. The third kappa shape index (κ3) is 11.2. The Hall–Kier alpha value is -1.02. The van der Waals surface area contributed by atoms with E-state index in [4.69, 9.17) is 0 Å². The molecule has 0 bridgehead atoms. The molecule has 2 aliphatic carbocycles. The van der Waals surface area contributed by atoms with E-state index in [-0.39, 0.29) is 11.7 Å². The Bertz CT molecular complexity index is 301. The standard InChI is InChI=1S/C4H7NO3S.C4H8.C2H6.C2H2/c6-3-5-9(7,8)4-1-2-4;1-4-2-3-4;2*1-2/h3-4H,1-2H2,(H,5,6);4H,2-3H2,1H3;1-2H3;1-2H. The summed E-state index contributed by atoms with van der Waals surface area (Å²) in [6.07, 6.45) is 12.5. The van der Waals surface area contributed by atoms with E-state index < -0.39 is 10.0 Å². The first kappa shape index (κ1) is 18.3. The topological polar surface area (TPSA) is 63.2 Å². The molecule has 2 aliphatic rings. The van der Waals surface area contributed by atoms with Crippen LogP contribution in [0.4, 0.5) is 0 Å². The van der Waals surface area contributed by atoms with Gasteiger partial charge in [0, 0.05) is 0 Å². The Morgan fingerprint density at radius 1 is 1.12 bits per heavy atom. The van der Waals surface area contributed by atoms with Gasteiger partial charge in [0.15, 0.2) is 0 Å². The first-order valence-electron chi connectivity index (χ1n) is 5.84. The van der Waals surface area contributed by atoms with Crippen LogP contribution in [0, 0.1) is 18.8 Å². The van der Waals surface area contributed by atoms with Gasteiger partial charge in [0.2, 0.25) is 16.4 Å². The third-order valence-electron chi connectivity index (χ3n) is 2.04. The summed E-state index contributed by atoms with van der Waals surface area (Å²) in [7, 11) is -3.26. The van der Waals surface area contributed by atoms with Gasteiger partial charge >= 0.3 is 0 Å². The maximum absolute atomic E-state index is 10.7. The average Bonchev–Trinajstić information content (AvgIpc) is 3.18. The Morgan fingerprint density at radius 2 is 1.47 bits per heavy atom. The summed E-state index contributed by atoms with van der Waals surface area (Å²) in [6, 6.07) is 0. The molecule has 2 saturated carbocycles. The lowest BCUT2D eigenvalue weighted by molar-refractivity contribution is -0.108. The predicted octanol–water partition coefficient (Wildman–Crippen LogP) is 1.92. The van der Waals surface area contributed by atoms with Crippen molar-refractivity contribution in [2.75, 3.05) is 0 Å². The number of rotatable bonds is 3. The third-order valence-corrected chi connectivity index (χ3v) is 3.82. The number of sulfonamides is 1. The molecule has 5 heteroatoms. The molecular weight excluding hydrogens is 238 g/mol. The van der Waals surface area contributed by atoms with Crippen molar-refractivity contribution in [3.8, 4) is 12.8 Å². The van der Waals surface area contributed by atoms with E-state index in [1.54, 1.807) is 4.72 Å². The molecule has 100 valence electrons. The Kier molecular flexibility index (Phi) is 11.0. The molecule has 17 heavy (non-hydrogen) atoms. The number of amides is 1. The SMILES string of the molecule is C#C.CC.CC1CC1.O=CNS(=O)(=O)C1CC1. The Balaban J connectivity index is 0. The van der Waals surface area contributed by atoms with Gasteiger partial charge in [-0.25, -0.2) is 8.42 Å². The zero-order valence-electron chi connectivity index (χ0n) is 10.8. The van der Waals surface area contributed by atoms with Crippen LogP contribution >= 0.6 is 0 Å². The van der Waals surface area contributed by atoms with Gasteiger partial charge in [0.25, 0.3) is 0 Å². The lowest BCUT2D eigenvalue weighted by atomic mass is 10.5. The van der Waals surface area contributed by atoms with E-state index in [0.717, 1.165) is 5.92 Å². The number of carbonyl (C=O) groups is 1. The molecule has 0 aromatic heterocycles. The molecule has 1 amide bonds. The second-order valence-corrected chi connectivity index (χ2v) is 5.65. The Morgan fingerprint density at radius 3 is 1.65 bits per heavy atom. The molecule has 0 unspecified atom stereocenters. The van der Waals surface area contributed by atoms with Crippen LogP contribution < -0.4 is 4.72 Å². The maximum Gasteiger partial charge on any atom is 0.237 e. The van der Waals surface area contributed by atoms with Crippen molar-refractivity contribution in [3.05, 3.63) is 0 Å². The minimum atomic E-state index is -3.26. The summed E-state index contributed by atoms with van der Waals surface area (Å²) < 4.78 is 23.1. The molecule has 0 atom stereocenters. The van der Waals surface area contributed by atoms with Crippen LogP contribution in [0.3, 0.4) is 0 Å². The molecule has 0 spiro atoms. The predicted molar refractivity (Wildman–Crippen MR) is 70.8 cm³/mol. The first-order chi connectivity index (χ1) is 8.06. The van der Waals surface area contributed by atoms with Crippen LogP contribution in [0.15, 0.2) is 0 Å². The van der Waals surface area contributed by atoms with Crippen molar-refractivity contribution in [1.29, 1.82) is 0 Å². The van der Waals surface area contributed by atoms with Crippen LogP contribution in [-0.4, -0.2) is 20.1 Å². The van der Waals surface area contributed by atoms with Crippen LogP contribution in [0.5, 0.6) is 0 Å². The molecule has 2 rings (SSSR count). The quantitative estimate of drug-likeness (QED) is 0.623. The van der Waals surface area contributed by atoms with Gasteiger partial charge in [0.05, 0.1) is 5.25 Å². The van der Waals surface area contributed by atoms with Crippen molar-refractivity contribution in [1.82, 2.24) is 4.72 Å². The minimum Gasteiger partial charge on any atom is -0.278 e. The second kappa shape index (κ2) is 10.2. The summed E-state index contributed by atoms with van der Waals surface area (Å²) in [4.78, 5) is 9.66. The molecule has 1 N–H and O–H groups in total. The van der Waals surface area contributed by atoms with Gasteiger partial charge in [0.1, 0.15) is 0 Å². The molecule has 0 saturated heterocycles. The number of hydrogen-bond acceptors (Lipinski definition) is 3. The van der Waals surface area contributed by atoms with E-state index in [1.807, 2.05) is 13.8 Å². The van der Waals surface area contributed by atoms with E-state index in [1.165, 1.54) is 12.8 Å². The molecule has 0 heterocycles. The van der Waals surface area contributed by atoms with Crippen molar-refractivity contribution in [2.24, 2.45) is 5.92 Å². The first-order valence-corrected chi connectivity index (χ1v) is 7.39. The highest BCUT2D eigenvalue weighted by atomic mass is 32.2.